The second-order valence-corrected chi connectivity index (χ2v) is 5.34. The highest BCUT2D eigenvalue weighted by molar-refractivity contribution is 5.92. The summed E-state index contributed by atoms with van der Waals surface area (Å²) < 4.78 is 15.9. The van der Waals surface area contributed by atoms with Gasteiger partial charge in [-0.3, -0.25) is 4.79 Å². The number of nitrogens with one attached hydrogen (secondary N) is 1. The van der Waals surface area contributed by atoms with Crippen molar-refractivity contribution in [2.24, 2.45) is 0 Å². The fraction of sp³-hybridized carbons (Fsp3) is 0.158. The van der Waals surface area contributed by atoms with Gasteiger partial charge in [0.25, 0.3) is 0 Å². The lowest BCUT2D eigenvalue weighted by Crippen LogP contribution is -2.14. The number of benzene rings is 2. The van der Waals surface area contributed by atoms with Crippen molar-refractivity contribution >= 4 is 11.6 Å². The van der Waals surface area contributed by atoms with E-state index in [1.54, 1.807) is 32.4 Å². The van der Waals surface area contributed by atoms with Gasteiger partial charge in [0.15, 0.2) is 17.3 Å². The normalized spacial score (nSPS) is 10.3. The van der Waals surface area contributed by atoms with Crippen molar-refractivity contribution in [3.8, 4) is 22.8 Å². The van der Waals surface area contributed by atoms with Gasteiger partial charge in [-0.25, -0.2) is 0 Å². The number of ether oxygens (including phenoxy) is 2. The number of rotatable bonds is 6. The summed E-state index contributed by atoms with van der Waals surface area (Å²) in [5.41, 5.74) is 2.09. The number of aromatic nitrogens is 1. The van der Waals surface area contributed by atoms with Crippen LogP contribution in [0.15, 0.2) is 59.1 Å². The number of para-hydroxylation sites is 1. The molecule has 0 unspecified atom stereocenters. The zero-order valence-corrected chi connectivity index (χ0v) is 14.0. The zero-order valence-electron chi connectivity index (χ0n) is 14.0. The van der Waals surface area contributed by atoms with Crippen molar-refractivity contribution < 1.29 is 18.8 Å². The van der Waals surface area contributed by atoms with Crippen LogP contribution >= 0.6 is 0 Å². The largest absolute Gasteiger partial charge is 0.493 e. The van der Waals surface area contributed by atoms with E-state index in [9.17, 15) is 4.79 Å². The third-order valence-electron chi connectivity index (χ3n) is 3.63. The standard InChI is InChI=1S/C19H18N2O4/c1-23-16-9-8-13(10-18(16)24-2)17-11-15(21-25-17)12-19(22)20-14-6-4-3-5-7-14/h3-11H,12H2,1-2H3,(H,20,22). The predicted octanol–water partition coefficient (Wildman–Crippen LogP) is 3.54. The summed E-state index contributed by atoms with van der Waals surface area (Å²) in [5.74, 6) is 1.63. The van der Waals surface area contributed by atoms with Gasteiger partial charge in [-0.1, -0.05) is 23.4 Å². The number of hydrogen-bond donors (Lipinski definition) is 1. The summed E-state index contributed by atoms with van der Waals surface area (Å²) in [6.45, 7) is 0. The van der Waals surface area contributed by atoms with E-state index in [1.165, 1.54) is 0 Å². The smallest absolute Gasteiger partial charge is 0.230 e. The molecule has 1 aromatic heterocycles. The quantitative estimate of drug-likeness (QED) is 0.744. The fourth-order valence-electron chi connectivity index (χ4n) is 2.41. The second kappa shape index (κ2) is 7.53. The van der Waals surface area contributed by atoms with Gasteiger partial charge in [-0.05, 0) is 30.3 Å². The first-order valence-electron chi connectivity index (χ1n) is 7.72. The van der Waals surface area contributed by atoms with Gasteiger partial charge >= 0.3 is 0 Å². The first kappa shape index (κ1) is 16.6. The van der Waals surface area contributed by atoms with E-state index in [0.717, 1.165) is 11.3 Å². The highest BCUT2D eigenvalue weighted by atomic mass is 16.5. The molecule has 2 aromatic carbocycles. The first-order chi connectivity index (χ1) is 12.2. The minimum absolute atomic E-state index is 0.131. The zero-order chi connectivity index (χ0) is 17.6. The Kier molecular flexibility index (Phi) is 4.99. The van der Waals surface area contributed by atoms with Crippen LogP contribution in [0.3, 0.4) is 0 Å². The monoisotopic (exact) mass is 338 g/mol. The van der Waals surface area contributed by atoms with Gasteiger partial charge in [0.2, 0.25) is 5.91 Å². The van der Waals surface area contributed by atoms with Gasteiger partial charge in [-0.2, -0.15) is 0 Å². The summed E-state index contributed by atoms with van der Waals surface area (Å²) >= 11 is 0. The van der Waals surface area contributed by atoms with E-state index in [1.807, 2.05) is 36.4 Å². The maximum atomic E-state index is 12.1. The Morgan fingerprint density at radius 3 is 2.52 bits per heavy atom. The molecule has 1 heterocycles. The van der Waals surface area contributed by atoms with Crippen LogP contribution in [0.1, 0.15) is 5.69 Å². The lowest BCUT2D eigenvalue weighted by molar-refractivity contribution is -0.115. The van der Waals surface area contributed by atoms with Crippen LogP contribution in [0, 0.1) is 0 Å². The molecule has 1 N–H and O–H groups in total. The Balaban J connectivity index is 1.71. The van der Waals surface area contributed by atoms with Gasteiger partial charge in [0.1, 0.15) is 0 Å². The van der Waals surface area contributed by atoms with Gasteiger partial charge in [0, 0.05) is 17.3 Å². The van der Waals surface area contributed by atoms with E-state index < -0.39 is 0 Å². The molecule has 0 radical (unpaired) electrons. The lowest BCUT2D eigenvalue weighted by Gasteiger charge is -2.07. The SMILES string of the molecule is COc1ccc(-c2cc(CC(=O)Nc3ccccc3)no2)cc1OC. The van der Waals surface area contributed by atoms with Crippen LogP contribution < -0.4 is 14.8 Å². The molecule has 3 aromatic rings. The van der Waals surface area contributed by atoms with E-state index >= 15 is 0 Å². The van der Waals surface area contributed by atoms with Crippen LogP contribution in [0.2, 0.25) is 0 Å². The molecule has 0 bridgehead atoms. The van der Waals surface area contributed by atoms with Crippen molar-refractivity contribution in [3.63, 3.8) is 0 Å². The van der Waals surface area contributed by atoms with Crippen LogP contribution in [-0.4, -0.2) is 25.3 Å². The van der Waals surface area contributed by atoms with E-state index in [2.05, 4.69) is 10.5 Å². The van der Waals surface area contributed by atoms with Crippen LogP contribution in [-0.2, 0) is 11.2 Å². The third kappa shape index (κ3) is 3.98. The van der Waals surface area contributed by atoms with Crippen molar-refractivity contribution in [2.75, 3.05) is 19.5 Å². The molecule has 128 valence electrons. The van der Waals surface area contributed by atoms with E-state index in [-0.39, 0.29) is 12.3 Å². The summed E-state index contributed by atoms with van der Waals surface area (Å²) in [6.07, 6.45) is 0.131. The molecular formula is C19H18N2O4. The predicted molar refractivity (Wildman–Crippen MR) is 93.8 cm³/mol. The molecule has 0 atom stereocenters. The number of nitrogens with zero attached hydrogens (tertiary/aromatic N) is 1. The maximum Gasteiger partial charge on any atom is 0.230 e. The lowest BCUT2D eigenvalue weighted by atomic mass is 10.1. The Labute approximate surface area is 145 Å². The van der Waals surface area contributed by atoms with Crippen LogP contribution in [0.25, 0.3) is 11.3 Å². The Morgan fingerprint density at radius 2 is 1.80 bits per heavy atom. The Bertz CT molecular complexity index is 859. The number of carbonyl (C=O) groups is 1. The molecule has 1 amide bonds. The van der Waals surface area contributed by atoms with Crippen molar-refractivity contribution in [1.29, 1.82) is 0 Å². The number of hydrogen-bond acceptors (Lipinski definition) is 5. The van der Waals surface area contributed by atoms with Gasteiger partial charge in [0.05, 0.1) is 26.3 Å². The average Bonchev–Trinajstić information content (AvgIpc) is 3.10. The molecule has 0 spiro atoms. The maximum absolute atomic E-state index is 12.1. The van der Waals surface area contributed by atoms with Crippen molar-refractivity contribution in [2.45, 2.75) is 6.42 Å². The topological polar surface area (TPSA) is 73.6 Å². The number of carbonyl (C=O) groups excluding carboxylic acids is 1. The number of methoxy groups -OCH3 is 2. The van der Waals surface area contributed by atoms with E-state index in [4.69, 9.17) is 14.0 Å². The van der Waals surface area contributed by atoms with Crippen LogP contribution in [0.5, 0.6) is 11.5 Å². The second-order valence-electron chi connectivity index (χ2n) is 5.34. The molecule has 0 aliphatic carbocycles. The minimum atomic E-state index is -0.154. The van der Waals surface area contributed by atoms with Crippen LogP contribution in [0.4, 0.5) is 5.69 Å². The molecule has 0 aliphatic rings. The summed E-state index contributed by atoms with van der Waals surface area (Å²) in [5, 5.41) is 6.78. The molecule has 0 saturated carbocycles. The molecule has 25 heavy (non-hydrogen) atoms. The average molecular weight is 338 g/mol. The summed E-state index contributed by atoms with van der Waals surface area (Å²) in [7, 11) is 3.15. The number of anilines is 1. The fourth-order valence-corrected chi connectivity index (χ4v) is 2.41. The Morgan fingerprint density at radius 1 is 1.04 bits per heavy atom. The highest BCUT2D eigenvalue weighted by Crippen LogP contribution is 2.32. The summed E-state index contributed by atoms with van der Waals surface area (Å²) in [6, 6.07) is 16.4. The van der Waals surface area contributed by atoms with Crippen molar-refractivity contribution in [1.82, 2.24) is 5.16 Å². The third-order valence-corrected chi connectivity index (χ3v) is 3.63. The number of amides is 1. The molecule has 6 heteroatoms. The van der Waals surface area contributed by atoms with Gasteiger partial charge in [-0.15, -0.1) is 0 Å². The molecule has 0 fully saturated rings. The molecule has 0 saturated heterocycles. The molecule has 3 rings (SSSR count). The first-order valence-corrected chi connectivity index (χ1v) is 7.72. The molecule has 0 aliphatic heterocycles. The van der Waals surface area contributed by atoms with Gasteiger partial charge < -0.3 is 19.3 Å². The van der Waals surface area contributed by atoms with E-state index in [0.29, 0.717) is 23.0 Å². The molecular weight excluding hydrogens is 320 g/mol. The molecule has 6 nitrogen and oxygen atoms in total. The highest BCUT2D eigenvalue weighted by Gasteiger charge is 2.13. The summed E-state index contributed by atoms with van der Waals surface area (Å²) in [4.78, 5) is 12.1. The minimum Gasteiger partial charge on any atom is -0.493 e. The Hall–Kier alpha value is -3.28. The van der Waals surface area contributed by atoms with Crippen molar-refractivity contribution in [3.05, 3.63) is 60.3 Å².